The number of anilines is 1. The van der Waals surface area contributed by atoms with Crippen LogP contribution in [-0.2, 0) is 4.79 Å². The minimum Gasteiger partial charge on any atom is -0.373 e. The number of nitrogens with zero attached hydrogens (tertiary/aromatic N) is 2. The third kappa shape index (κ3) is 4.63. The van der Waals surface area contributed by atoms with Crippen molar-refractivity contribution in [3.8, 4) is 0 Å². The average molecular weight is 307 g/mol. The second-order valence-corrected chi connectivity index (χ2v) is 6.98. The van der Waals surface area contributed by atoms with Crippen LogP contribution < -0.4 is 5.32 Å². The number of thioether (sulfide) groups is 1. The van der Waals surface area contributed by atoms with E-state index in [0.717, 1.165) is 48.3 Å². The molecular weight excluding hydrogens is 282 g/mol. The fraction of sp³-hybridized carbons (Fsp3) is 0.625. The molecule has 1 fully saturated rings. The van der Waals surface area contributed by atoms with Gasteiger partial charge in [-0.3, -0.25) is 4.79 Å². The van der Waals surface area contributed by atoms with Gasteiger partial charge in [-0.2, -0.15) is 0 Å². The van der Waals surface area contributed by atoms with Gasteiger partial charge in [0.2, 0.25) is 5.91 Å². The van der Waals surface area contributed by atoms with E-state index in [-0.39, 0.29) is 11.9 Å². The Morgan fingerprint density at radius 2 is 2.19 bits per heavy atom. The molecule has 2 heterocycles. The van der Waals surface area contributed by atoms with Crippen LogP contribution in [0.4, 0.5) is 5.69 Å². The molecule has 1 aliphatic rings. The Balaban J connectivity index is 1.88. The summed E-state index contributed by atoms with van der Waals surface area (Å²) >= 11 is 1.72. The van der Waals surface area contributed by atoms with Crippen LogP contribution in [0.15, 0.2) is 23.4 Å². The first-order valence-corrected chi connectivity index (χ1v) is 8.73. The lowest BCUT2D eigenvalue weighted by atomic mass is 9.99. The van der Waals surface area contributed by atoms with Gasteiger partial charge in [0.1, 0.15) is 6.04 Å². The first-order chi connectivity index (χ1) is 10.1. The third-order valence-corrected chi connectivity index (χ3v) is 4.70. The molecule has 0 saturated carbocycles. The van der Waals surface area contributed by atoms with Crippen LogP contribution in [0.5, 0.6) is 0 Å². The van der Waals surface area contributed by atoms with Gasteiger partial charge < -0.3 is 10.2 Å². The van der Waals surface area contributed by atoms with E-state index in [4.69, 9.17) is 0 Å². The molecular formula is C16H25N3OS. The smallest absolute Gasteiger partial charge is 0.244 e. The fourth-order valence-corrected chi connectivity index (χ4v) is 3.10. The summed E-state index contributed by atoms with van der Waals surface area (Å²) < 4.78 is 0. The highest BCUT2D eigenvalue weighted by Crippen LogP contribution is 2.19. The minimum atomic E-state index is -0.204. The monoisotopic (exact) mass is 307 g/mol. The van der Waals surface area contributed by atoms with Gasteiger partial charge in [0, 0.05) is 13.1 Å². The van der Waals surface area contributed by atoms with Gasteiger partial charge >= 0.3 is 0 Å². The summed E-state index contributed by atoms with van der Waals surface area (Å²) in [7, 11) is 0. The predicted octanol–water partition coefficient (Wildman–Crippen LogP) is 3.25. The number of rotatable bonds is 5. The zero-order valence-electron chi connectivity index (χ0n) is 13.1. The lowest BCUT2D eigenvalue weighted by Gasteiger charge is -2.32. The summed E-state index contributed by atoms with van der Waals surface area (Å²) in [5, 5.41) is 4.28. The highest BCUT2D eigenvalue weighted by Gasteiger charge is 2.24. The molecule has 1 saturated heterocycles. The number of amides is 1. The second-order valence-electron chi connectivity index (χ2n) is 5.69. The first-order valence-electron chi connectivity index (χ1n) is 7.74. The summed E-state index contributed by atoms with van der Waals surface area (Å²) in [4.78, 5) is 18.8. The maximum absolute atomic E-state index is 12.4. The van der Waals surface area contributed by atoms with E-state index in [9.17, 15) is 4.79 Å². The van der Waals surface area contributed by atoms with Crippen molar-refractivity contribution in [3.05, 3.63) is 18.3 Å². The van der Waals surface area contributed by atoms with Crippen molar-refractivity contribution in [2.45, 2.75) is 44.7 Å². The van der Waals surface area contributed by atoms with Gasteiger partial charge in [-0.05, 0) is 43.6 Å². The second kappa shape index (κ2) is 7.69. The molecule has 0 bridgehead atoms. The van der Waals surface area contributed by atoms with Crippen molar-refractivity contribution in [1.82, 2.24) is 9.88 Å². The fourth-order valence-electron chi connectivity index (χ4n) is 2.51. The highest BCUT2D eigenvalue weighted by atomic mass is 32.2. The molecule has 0 radical (unpaired) electrons. The SMILES string of the molecule is CCSc1ccc(N[C@H](C)C(=O)N2CCC(C)CC2)cn1. The van der Waals surface area contributed by atoms with Crippen molar-refractivity contribution >= 4 is 23.4 Å². The summed E-state index contributed by atoms with van der Waals surface area (Å²) in [5.41, 5.74) is 0.904. The molecule has 2 rings (SSSR count). The quantitative estimate of drug-likeness (QED) is 0.848. The van der Waals surface area contributed by atoms with E-state index in [2.05, 4.69) is 24.1 Å². The number of pyridine rings is 1. The largest absolute Gasteiger partial charge is 0.373 e. The molecule has 1 aromatic rings. The lowest BCUT2D eigenvalue weighted by molar-refractivity contribution is -0.132. The number of hydrogen-bond donors (Lipinski definition) is 1. The van der Waals surface area contributed by atoms with E-state index in [1.165, 1.54) is 0 Å². The Hall–Kier alpha value is -1.23. The van der Waals surface area contributed by atoms with Crippen LogP contribution >= 0.6 is 11.8 Å². The molecule has 0 aromatic carbocycles. The zero-order chi connectivity index (χ0) is 15.2. The van der Waals surface area contributed by atoms with Crippen LogP contribution in [0.3, 0.4) is 0 Å². The van der Waals surface area contributed by atoms with Crippen LogP contribution in [0, 0.1) is 5.92 Å². The number of aromatic nitrogens is 1. The normalized spacial score (nSPS) is 17.6. The molecule has 21 heavy (non-hydrogen) atoms. The maximum atomic E-state index is 12.4. The number of nitrogens with one attached hydrogen (secondary N) is 1. The summed E-state index contributed by atoms with van der Waals surface area (Å²) in [5.74, 6) is 1.95. The third-order valence-electron chi connectivity index (χ3n) is 3.88. The van der Waals surface area contributed by atoms with E-state index in [1.807, 2.05) is 24.0 Å². The molecule has 1 atom stereocenters. The van der Waals surface area contributed by atoms with Crippen molar-refractivity contribution in [3.63, 3.8) is 0 Å². The standard InChI is InChI=1S/C16H25N3OS/c1-4-21-15-6-5-14(11-17-15)18-13(3)16(20)19-9-7-12(2)8-10-19/h5-6,11-13,18H,4,7-10H2,1-3H3/t13-/m1/s1. The Morgan fingerprint density at radius 1 is 1.48 bits per heavy atom. The molecule has 1 amide bonds. The Morgan fingerprint density at radius 3 is 2.76 bits per heavy atom. The number of hydrogen-bond acceptors (Lipinski definition) is 4. The van der Waals surface area contributed by atoms with Gasteiger partial charge in [-0.25, -0.2) is 4.98 Å². The van der Waals surface area contributed by atoms with Gasteiger partial charge in [0.05, 0.1) is 16.9 Å². The van der Waals surface area contributed by atoms with Crippen molar-refractivity contribution in [2.24, 2.45) is 5.92 Å². The lowest BCUT2D eigenvalue weighted by Crippen LogP contribution is -2.45. The average Bonchev–Trinajstić information content (AvgIpc) is 2.49. The molecule has 5 heteroatoms. The summed E-state index contributed by atoms with van der Waals surface area (Å²) in [6.07, 6.45) is 4.03. The number of piperidine rings is 1. The van der Waals surface area contributed by atoms with E-state index >= 15 is 0 Å². The van der Waals surface area contributed by atoms with E-state index < -0.39 is 0 Å². The van der Waals surface area contributed by atoms with Gasteiger partial charge in [0.25, 0.3) is 0 Å². The van der Waals surface area contributed by atoms with Gasteiger partial charge in [-0.1, -0.05) is 13.8 Å². The molecule has 1 N–H and O–H groups in total. The highest BCUT2D eigenvalue weighted by molar-refractivity contribution is 7.99. The summed E-state index contributed by atoms with van der Waals surface area (Å²) in [6, 6.07) is 3.79. The first kappa shape index (κ1) is 16.1. The molecule has 0 unspecified atom stereocenters. The number of carbonyl (C=O) groups excluding carboxylic acids is 1. The van der Waals surface area contributed by atoms with Crippen LogP contribution in [0.25, 0.3) is 0 Å². The van der Waals surface area contributed by atoms with Crippen LogP contribution in [-0.4, -0.2) is 40.7 Å². The van der Waals surface area contributed by atoms with Crippen LogP contribution in [0.2, 0.25) is 0 Å². The van der Waals surface area contributed by atoms with Gasteiger partial charge in [0.15, 0.2) is 0 Å². The number of carbonyl (C=O) groups is 1. The molecule has 0 aliphatic carbocycles. The van der Waals surface area contributed by atoms with Crippen molar-refractivity contribution < 1.29 is 4.79 Å². The van der Waals surface area contributed by atoms with E-state index in [1.54, 1.807) is 18.0 Å². The van der Waals surface area contributed by atoms with Crippen LogP contribution in [0.1, 0.15) is 33.6 Å². The molecule has 1 aromatic heterocycles. The van der Waals surface area contributed by atoms with Gasteiger partial charge in [-0.15, -0.1) is 11.8 Å². The summed E-state index contributed by atoms with van der Waals surface area (Å²) in [6.45, 7) is 8.06. The van der Waals surface area contributed by atoms with Crippen molar-refractivity contribution in [2.75, 3.05) is 24.2 Å². The zero-order valence-corrected chi connectivity index (χ0v) is 13.9. The van der Waals surface area contributed by atoms with E-state index in [0.29, 0.717) is 0 Å². The molecule has 1 aliphatic heterocycles. The molecule has 0 spiro atoms. The minimum absolute atomic E-state index is 0.189. The topological polar surface area (TPSA) is 45.2 Å². The Bertz CT molecular complexity index is 455. The molecule has 116 valence electrons. The number of likely N-dealkylation sites (tertiary alicyclic amines) is 1. The Labute approximate surface area is 131 Å². The van der Waals surface area contributed by atoms with Crippen molar-refractivity contribution in [1.29, 1.82) is 0 Å². The Kier molecular flexibility index (Phi) is 5.91. The predicted molar refractivity (Wildman–Crippen MR) is 88.7 cm³/mol. The maximum Gasteiger partial charge on any atom is 0.244 e. The molecule has 4 nitrogen and oxygen atoms in total.